The van der Waals surface area contributed by atoms with Gasteiger partial charge in [-0.05, 0) is 20.3 Å². The maximum Gasteiger partial charge on any atom is 0.407 e. The third kappa shape index (κ3) is 3.87. The van der Waals surface area contributed by atoms with Crippen LogP contribution in [0.3, 0.4) is 0 Å². The number of carbonyl (C=O) groups excluding carboxylic acids is 1. The van der Waals surface area contributed by atoms with Gasteiger partial charge in [-0.3, -0.25) is 0 Å². The monoisotopic (exact) mass is 228 g/mol. The molecule has 1 aromatic heterocycles. The summed E-state index contributed by atoms with van der Waals surface area (Å²) in [6, 6.07) is -0.0451. The molecule has 1 aromatic rings. The van der Waals surface area contributed by atoms with Crippen LogP contribution in [0.25, 0.3) is 0 Å². The van der Waals surface area contributed by atoms with Crippen LogP contribution in [0.1, 0.15) is 38.2 Å². The van der Waals surface area contributed by atoms with Gasteiger partial charge in [-0.25, -0.2) is 9.78 Å². The van der Waals surface area contributed by atoms with Crippen LogP contribution in [-0.4, -0.2) is 17.2 Å². The average molecular weight is 228 g/mol. The minimum atomic E-state index is -0.382. The Balaban J connectivity index is 2.51. The molecule has 5 heteroatoms. The molecule has 0 saturated heterocycles. The molecule has 15 heavy (non-hydrogen) atoms. The minimum absolute atomic E-state index is 0.0451. The fraction of sp³-hybridized carbons (Fsp3) is 0.600. The normalized spacial score (nSPS) is 12.5. The molecule has 1 N–H and O–H groups in total. The van der Waals surface area contributed by atoms with E-state index >= 15 is 0 Å². The molecule has 0 fully saturated rings. The summed E-state index contributed by atoms with van der Waals surface area (Å²) in [5.74, 6) is 0. The summed E-state index contributed by atoms with van der Waals surface area (Å²) < 4.78 is 5.01. The SMILES string of the molecule is CCC(NC(=O)OC(C)C)c1nccs1. The Morgan fingerprint density at radius 2 is 2.40 bits per heavy atom. The van der Waals surface area contributed by atoms with E-state index in [1.54, 1.807) is 6.20 Å². The maximum absolute atomic E-state index is 11.4. The lowest BCUT2D eigenvalue weighted by atomic mass is 10.2. The van der Waals surface area contributed by atoms with E-state index in [1.165, 1.54) is 11.3 Å². The summed E-state index contributed by atoms with van der Waals surface area (Å²) >= 11 is 1.54. The largest absolute Gasteiger partial charge is 0.447 e. The summed E-state index contributed by atoms with van der Waals surface area (Å²) in [6.07, 6.45) is 2.06. The van der Waals surface area contributed by atoms with Crippen molar-refractivity contribution in [1.82, 2.24) is 10.3 Å². The van der Waals surface area contributed by atoms with Gasteiger partial charge in [0, 0.05) is 11.6 Å². The molecule has 1 rings (SSSR count). The van der Waals surface area contributed by atoms with Gasteiger partial charge in [0.15, 0.2) is 0 Å². The van der Waals surface area contributed by atoms with Crippen molar-refractivity contribution in [1.29, 1.82) is 0 Å². The van der Waals surface area contributed by atoms with Crippen molar-refractivity contribution in [2.75, 3.05) is 0 Å². The van der Waals surface area contributed by atoms with Gasteiger partial charge in [0.05, 0.1) is 12.1 Å². The lowest BCUT2D eigenvalue weighted by Gasteiger charge is -2.15. The molecule has 84 valence electrons. The highest BCUT2D eigenvalue weighted by Crippen LogP contribution is 2.18. The van der Waals surface area contributed by atoms with Crippen LogP contribution in [0.4, 0.5) is 4.79 Å². The number of carbonyl (C=O) groups is 1. The van der Waals surface area contributed by atoms with Crippen molar-refractivity contribution < 1.29 is 9.53 Å². The van der Waals surface area contributed by atoms with Gasteiger partial charge in [-0.15, -0.1) is 11.3 Å². The smallest absolute Gasteiger partial charge is 0.407 e. The van der Waals surface area contributed by atoms with Gasteiger partial charge in [0.2, 0.25) is 0 Å². The third-order valence-electron chi connectivity index (χ3n) is 1.79. The number of alkyl carbamates (subject to hydrolysis) is 1. The Morgan fingerprint density at radius 1 is 1.67 bits per heavy atom. The number of amides is 1. The molecular weight excluding hydrogens is 212 g/mol. The van der Waals surface area contributed by atoms with Crippen molar-refractivity contribution in [2.45, 2.75) is 39.3 Å². The van der Waals surface area contributed by atoms with Crippen molar-refractivity contribution in [3.8, 4) is 0 Å². The number of hydrogen-bond acceptors (Lipinski definition) is 4. The van der Waals surface area contributed by atoms with Crippen molar-refractivity contribution >= 4 is 17.4 Å². The number of ether oxygens (including phenoxy) is 1. The summed E-state index contributed by atoms with van der Waals surface area (Å²) in [7, 11) is 0. The minimum Gasteiger partial charge on any atom is -0.447 e. The number of nitrogens with one attached hydrogen (secondary N) is 1. The fourth-order valence-corrected chi connectivity index (χ4v) is 1.91. The number of rotatable bonds is 4. The van der Waals surface area contributed by atoms with E-state index in [2.05, 4.69) is 10.3 Å². The van der Waals surface area contributed by atoms with E-state index in [0.717, 1.165) is 11.4 Å². The molecule has 0 aromatic carbocycles. The highest BCUT2D eigenvalue weighted by atomic mass is 32.1. The predicted octanol–water partition coefficient (Wildman–Crippen LogP) is 2.73. The van der Waals surface area contributed by atoms with E-state index in [1.807, 2.05) is 26.2 Å². The Bertz CT molecular complexity index is 298. The van der Waals surface area contributed by atoms with Crippen LogP contribution in [0.2, 0.25) is 0 Å². The molecule has 0 aliphatic carbocycles. The number of nitrogens with zero attached hydrogens (tertiary/aromatic N) is 1. The van der Waals surface area contributed by atoms with Gasteiger partial charge in [-0.1, -0.05) is 6.92 Å². The van der Waals surface area contributed by atoms with Crippen LogP contribution in [0.5, 0.6) is 0 Å². The molecule has 0 radical (unpaired) electrons. The van der Waals surface area contributed by atoms with Gasteiger partial charge < -0.3 is 10.1 Å². The quantitative estimate of drug-likeness (QED) is 0.862. The number of hydrogen-bond donors (Lipinski definition) is 1. The zero-order valence-corrected chi connectivity index (χ0v) is 10.0. The first-order chi connectivity index (χ1) is 7.13. The number of aromatic nitrogens is 1. The zero-order valence-electron chi connectivity index (χ0n) is 9.19. The van der Waals surface area contributed by atoms with E-state index in [-0.39, 0.29) is 18.2 Å². The second kappa shape index (κ2) is 5.70. The van der Waals surface area contributed by atoms with E-state index in [4.69, 9.17) is 4.74 Å². The fourth-order valence-electron chi connectivity index (χ4n) is 1.14. The topological polar surface area (TPSA) is 51.2 Å². The maximum atomic E-state index is 11.4. The lowest BCUT2D eigenvalue weighted by Crippen LogP contribution is -2.30. The highest BCUT2D eigenvalue weighted by Gasteiger charge is 2.16. The summed E-state index contributed by atoms with van der Waals surface area (Å²) in [5, 5.41) is 5.60. The third-order valence-corrected chi connectivity index (χ3v) is 2.68. The molecule has 1 atom stereocenters. The van der Waals surface area contributed by atoms with Gasteiger partial charge in [0.1, 0.15) is 5.01 Å². The second-order valence-corrected chi connectivity index (χ2v) is 4.36. The average Bonchev–Trinajstić information content (AvgIpc) is 2.65. The first-order valence-corrected chi connectivity index (χ1v) is 5.88. The molecule has 1 heterocycles. The van der Waals surface area contributed by atoms with Crippen LogP contribution in [0, 0.1) is 0 Å². The van der Waals surface area contributed by atoms with E-state index in [0.29, 0.717) is 0 Å². The summed E-state index contributed by atoms with van der Waals surface area (Å²) in [4.78, 5) is 15.5. The van der Waals surface area contributed by atoms with E-state index in [9.17, 15) is 4.79 Å². The molecule has 0 saturated carbocycles. The second-order valence-electron chi connectivity index (χ2n) is 3.43. The van der Waals surface area contributed by atoms with E-state index < -0.39 is 0 Å². The molecule has 4 nitrogen and oxygen atoms in total. The zero-order chi connectivity index (χ0) is 11.3. The first-order valence-electron chi connectivity index (χ1n) is 5.00. The summed E-state index contributed by atoms with van der Waals surface area (Å²) in [5.41, 5.74) is 0. The van der Waals surface area contributed by atoms with Crippen molar-refractivity contribution in [3.05, 3.63) is 16.6 Å². The van der Waals surface area contributed by atoms with Crippen molar-refractivity contribution in [2.24, 2.45) is 0 Å². The Kier molecular flexibility index (Phi) is 4.55. The Hall–Kier alpha value is -1.10. The van der Waals surface area contributed by atoms with Gasteiger partial charge >= 0.3 is 6.09 Å². The van der Waals surface area contributed by atoms with Crippen LogP contribution < -0.4 is 5.32 Å². The molecule has 1 unspecified atom stereocenters. The molecule has 0 spiro atoms. The van der Waals surface area contributed by atoms with Crippen LogP contribution in [-0.2, 0) is 4.74 Å². The molecule has 0 aliphatic heterocycles. The van der Waals surface area contributed by atoms with Crippen LogP contribution in [0.15, 0.2) is 11.6 Å². The van der Waals surface area contributed by atoms with Gasteiger partial charge in [0.25, 0.3) is 0 Å². The van der Waals surface area contributed by atoms with Gasteiger partial charge in [-0.2, -0.15) is 0 Å². The highest BCUT2D eigenvalue weighted by molar-refractivity contribution is 7.09. The van der Waals surface area contributed by atoms with Crippen LogP contribution >= 0.6 is 11.3 Å². The molecule has 0 bridgehead atoms. The lowest BCUT2D eigenvalue weighted by molar-refractivity contribution is 0.112. The summed E-state index contributed by atoms with van der Waals surface area (Å²) in [6.45, 7) is 5.65. The Morgan fingerprint density at radius 3 is 2.87 bits per heavy atom. The van der Waals surface area contributed by atoms with Crippen molar-refractivity contribution in [3.63, 3.8) is 0 Å². The standard InChI is InChI=1S/C10H16N2O2S/c1-4-8(9-11-5-6-15-9)12-10(13)14-7(2)3/h5-8H,4H2,1-3H3,(H,12,13). The molecule has 1 amide bonds. The molecule has 0 aliphatic rings. The predicted molar refractivity (Wildman–Crippen MR) is 59.9 cm³/mol. The Labute approximate surface area is 93.7 Å². The number of thiazole rings is 1. The molecular formula is C10H16N2O2S. The first kappa shape index (κ1) is 12.0.